The lowest BCUT2D eigenvalue weighted by atomic mass is 9.93. The highest BCUT2D eigenvalue weighted by atomic mass is 32.2. The van der Waals surface area contributed by atoms with Crippen molar-refractivity contribution in [2.45, 2.75) is 42.9 Å². The molecule has 1 aromatic rings. The normalized spacial score (nSPS) is 17.0. The lowest BCUT2D eigenvalue weighted by Gasteiger charge is -2.26. The number of guanidine groups is 1. The Hall–Kier alpha value is -1.77. The molecule has 5 nitrogen and oxygen atoms in total. The van der Waals surface area contributed by atoms with Crippen molar-refractivity contribution in [3.05, 3.63) is 29.3 Å². The molecule has 1 aliphatic rings. The molecule has 0 heterocycles. The summed E-state index contributed by atoms with van der Waals surface area (Å²) in [5, 5.41) is 2.98. The Kier molecular flexibility index (Phi) is 4.88. The summed E-state index contributed by atoms with van der Waals surface area (Å²) in [6.45, 7) is -0.0569. The zero-order valence-corrected chi connectivity index (χ0v) is 13.3. The molecule has 0 saturated heterocycles. The van der Waals surface area contributed by atoms with Crippen molar-refractivity contribution in [3.63, 3.8) is 0 Å². The number of nitrogens with one attached hydrogen (secondary N) is 1. The molecule has 0 radical (unpaired) electrons. The van der Waals surface area contributed by atoms with Crippen LogP contribution in [0, 0.1) is 0 Å². The summed E-state index contributed by atoms with van der Waals surface area (Å²) < 4.78 is 62.1. The van der Waals surface area contributed by atoms with Crippen LogP contribution in [0.1, 0.15) is 30.4 Å². The van der Waals surface area contributed by atoms with Crippen LogP contribution >= 0.6 is 0 Å². The van der Waals surface area contributed by atoms with Gasteiger partial charge in [0.15, 0.2) is 15.8 Å². The van der Waals surface area contributed by atoms with Gasteiger partial charge in [0.1, 0.15) is 0 Å². The van der Waals surface area contributed by atoms with Crippen molar-refractivity contribution in [2.75, 3.05) is 6.26 Å². The fraction of sp³-hybridized carbons (Fsp3) is 0.500. The van der Waals surface area contributed by atoms with Crippen LogP contribution in [0.25, 0.3) is 0 Å². The number of aliphatic imine (C=N–C) groups is 1. The predicted molar refractivity (Wildman–Crippen MR) is 80.7 cm³/mol. The zero-order valence-electron chi connectivity index (χ0n) is 12.5. The second-order valence-electron chi connectivity index (χ2n) is 5.57. The number of nitrogens with zero attached hydrogens (tertiary/aromatic N) is 1. The van der Waals surface area contributed by atoms with E-state index < -0.39 is 26.5 Å². The van der Waals surface area contributed by atoms with Gasteiger partial charge in [0.05, 0.1) is 17.0 Å². The summed E-state index contributed by atoms with van der Waals surface area (Å²) in [5.41, 5.74) is 4.73. The van der Waals surface area contributed by atoms with E-state index in [0.717, 1.165) is 37.7 Å². The highest BCUT2D eigenvalue weighted by Crippen LogP contribution is 2.35. The summed E-state index contributed by atoms with van der Waals surface area (Å²) in [7, 11) is -3.97. The number of hydrogen-bond acceptors (Lipinski definition) is 3. The van der Waals surface area contributed by atoms with Crippen molar-refractivity contribution >= 4 is 15.8 Å². The smallest absolute Gasteiger partial charge is 0.370 e. The Morgan fingerprint density at radius 3 is 2.52 bits per heavy atom. The first-order chi connectivity index (χ1) is 10.6. The molecule has 0 unspecified atom stereocenters. The van der Waals surface area contributed by atoms with Gasteiger partial charge in [-0.1, -0.05) is 6.07 Å². The number of alkyl halides is 3. The second kappa shape index (κ2) is 6.38. The lowest BCUT2D eigenvalue weighted by Crippen LogP contribution is -2.43. The quantitative estimate of drug-likeness (QED) is 0.644. The van der Waals surface area contributed by atoms with E-state index in [2.05, 4.69) is 10.3 Å². The zero-order chi connectivity index (χ0) is 17.3. The molecular weight excluding hydrogens is 331 g/mol. The van der Waals surface area contributed by atoms with Gasteiger partial charge in [0, 0.05) is 12.3 Å². The number of halogens is 3. The summed E-state index contributed by atoms with van der Waals surface area (Å²) in [6, 6.07) is 3.35. The number of nitrogens with two attached hydrogens (primary N) is 1. The van der Waals surface area contributed by atoms with Crippen molar-refractivity contribution in [3.8, 4) is 0 Å². The Balaban J connectivity index is 2.22. The summed E-state index contributed by atoms with van der Waals surface area (Å²) in [5.74, 6) is 0.176. The van der Waals surface area contributed by atoms with E-state index in [1.807, 2.05) is 0 Å². The van der Waals surface area contributed by atoms with E-state index in [9.17, 15) is 21.6 Å². The first kappa shape index (κ1) is 17.6. The molecule has 0 spiro atoms. The largest absolute Gasteiger partial charge is 0.417 e. The van der Waals surface area contributed by atoms with Crippen molar-refractivity contribution < 1.29 is 21.6 Å². The van der Waals surface area contributed by atoms with Crippen LogP contribution in [-0.4, -0.2) is 26.7 Å². The molecule has 128 valence electrons. The van der Waals surface area contributed by atoms with Gasteiger partial charge in [0.2, 0.25) is 0 Å². The van der Waals surface area contributed by atoms with Crippen LogP contribution in [0.4, 0.5) is 13.2 Å². The molecule has 1 aliphatic carbocycles. The topological polar surface area (TPSA) is 84.5 Å². The third kappa shape index (κ3) is 4.60. The maximum Gasteiger partial charge on any atom is 0.417 e. The maximum atomic E-state index is 13.0. The molecule has 0 aliphatic heterocycles. The summed E-state index contributed by atoms with van der Waals surface area (Å²) >= 11 is 0. The van der Waals surface area contributed by atoms with E-state index in [1.165, 1.54) is 6.07 Å². The number of benzene rings is 1. The molecule has 0 bridgehead atoms. The molecule has 3 N–H and O–H groups in total. The van der Waals surface area contributed by atoms with Crippen LogP contribution < -0.4 is 11.1 Å². The van der Waals surface area contributed by atoms with Gasteiger partial charge < -0.3 is 11.1 Å². The average molecular weight is 349 g/mol. The fourth-order valence-corrected chi connectivity index (χ4v) is 3.09. The molecular formula is C14H18F3N3O2S. The van der Waals surface area contributed by atoms with Gasteiger partial charge in [-0.2, -0.15) is 13.2 Å². The Bertz CT molecular complexity index is 710. The maximum absolute atomic E-state index is 13.0. The highest BCUT2D eigenvalue weighted by molar-refractivity contribution is 7.90. The molecule has 9 heteroatoms. The number of sulfone groups is 1. The van der Waals surface area contributed by atoms with Gasteiger partial charge in [-0.25, -0.2) is 13.4 Å². The van der Waals surface area contributed by atoms with E-state index in [-0.39, 0.29) is 24.1 Å². The first-order valence-corrected chi connectivity index (χ1v) is 8.93. The Morgan fingerprint density at radius 2 is 2.04 bits per heavy atom. The standard InChI is InChI=1S/C14H18F3N3O2S/c1-23(21,22)12-6-5-9(7-11(12)14(15,16)17)8-19-13(18)20-10-3-2-4-10/h5-7,10H,2-4,8H2,1H3,(H3,18,19,20). The molecule has 23 heavy (non-hydrogen) atoms. The molecule has 0 atom stereocenters. The molecule has 1 fully saturated rings. The fourth-order valence-electron chi connectivity index (χ4n) is 2.20. The Labute approximate surface area is 132 Å². The molecule has 2 rings (SSSR count). The summed E-state index contributed by atoms with van der Waals surface area (Å²) in [6.07, 6.45) is -0.897. The number of hydrogen-bond donors (Lipinski definition) is 2. The Morgan fingerprint density at radius 1 is 1.39 bits per heavy atom. The van der Waals surface area contributed by atoms with E-state index >= 15 is 0 Å². The minimum atomic E-state index is -4.76. The van der Waals surface area contributed by atoms with Crippen molar-refractivity contribution in [1.82, 2.24) is 5.32 Å². The first-order valence-electron chi connectivity index (χ1n) is 7.04. The average Bonchev–Trinajstić information content (AvgIpc) is 2.38. The predicted octanol–water partition coefficient (Wildman–Crippen LogP) is 2.07. The van der Waals surface area contributed by atoms with Gasteiger partial charge in [0.25, 0.3) is 0 Å². The summed E-state index contributed by atoms with van der Waals surface area (Å²) in [4.78, 5) is 3.26. The van der Waals surface area contributed by atoms with E-state index in [4.69, 9.17) is 5.73 Å². The highest BCUT2D eigenvalue weighted by Gasteiger charge is 2.36. The van der Waals surface area contributed by atoms with Crippen molar-refractivity contribution in [2.24, 2.45) is 10.7 Å². The van der Waals surface area contributed by atoms with Crippen LogP contribution in [0.3, 0.4) is 0 Å². The molecule has 0 aromatic heterocycles. The third-order valence-corrected chi connectivity index (χ3v) is 4.79. The van der Waals surface area contributed by atoms with Crippen LogP contribution in [0.5, 0.6) is 0 Å². The molecule has 1 saturated carbocycles. The number of rotatable bonds is 4. The SMILES string of the molecule is CS(=O)(=O)c1ccc(CN=C(N)NC2CCC2)cc1C(F)(F)F. The van der Waals surface area contributed by atoms with Crippen LogP contribution in [0.15, 0.2) is 28.1 Å². The third-order valence-electron chi connectivity index (χ3n) is 3.64. The molecule has 1 aromatic carbocycles. The van der Waals surface area contributed by atoms with Crippen molar-refractivity contribution in [1.29, 1.82) is 0 Å². The van der Waals surface area contributed by atoms with E-state index in [0.29, 0.717) is 0 Å². The minimum absolute atomic E-state index is 0.0569. The molecule has 0 amide bonds. The second-order valence-corrected chi connectivity index (χ2v) is 7.56. The van der Waals surface area contributed by atoms with E-state index in [1.54, 1.807) is 0 Å². The van der Waals surface area contributed by atoms with Gasteiger partial charge >= 0.3 is 6.18 Å². The van der Waals surface area contributed by atoms with Crippen LogP contribution in [-0.2, 0) is 22.6 Å². The minimum Gasteiger partial charge on any atom is -0.370 e. The van der Waals surface area contributed by atoms with Gasteiger partial charge in [-0.3, -0.25) is 0 Å². The van der Waals surface area contributed by atoms with Crippen LogP contribution in [0.2, 0.25) is 0 Å². The van der Waals surface area contributed by atoms with Gasteiger partial charge in [-0.15, -0.1) is 0 Å². The van der Waals surface area contributed by atoms with Gasteiger partial charge in [-0.05, 0) is 37.0 Å². The lowest BCUT2D eigenvalue weighted by molar-refractivity contribution is -0.139. The monoisotopic (exact) mass is 349 g/mol.